The molecule has 0 saturated carbocycles. The van der Waals surface area contributed by atoms with E-state index in [-0.39, 0.29) is 44.2 Å². The second kappa shape index (κ2) is 7.60. The number of benzene rings is 2. The Hall–Kier alpha value is -3.32. The van der Waals surface area contributed by atoms with Crippen molar-refractivity contribution in [3.05, 3.63) is 65.9 Å². The largest absolute Gasteiger partial charge is 0.489 e. The van der Waals surface area contributed by atoms with Crippen LogP contribution in [0.1, 0.15) is 29.0 Å². The average Bonchev–Trinajstić information content (AvgIpc) is 3.11. The summed E-state index contributed by atoms with van der Waals surface area (Å²) in [7, 11) is 0. The number of aliphatic carboxylic acids is 1. The third kappa shape index (κ3) is 3.69. The molecule has 7 nitrogen and oxygen atoms in total. The van der Waals surface area contributed by atoms with Crippen molar-refractivity contribution in [1.82, 2.24) is 4.90 Å². The number of carbonyl (C=O) groups is 2. The van der Waals surface area contributed by atoms with Crippen LogP contribution >= 0.6 is 0 Å². The van der Waals surface area contributed by atoms with Crippen molar-refractivity contribution in [2.45, 2.75) is 25.0 Å². The van der Waals surface area contributed by atoms with E-state index >= 15 is 0 Å². The topological polar surface area (TPSA) is 100 Å². The molecule has 29 heavy (non-hydrogen) atoms. The molecule has 2 aromatic carbocycles. The number of carboxylic acids is 1. The lowest BCUT2D eigenvalue weighted by molar-refractivity contribution is -0.162. The summed E-state index contributed by atoms with van der Waals surface area (Å²) in [5.41, 5.74) is -0.556. The van der Waals surface area contributed by atoms with E-state index in [9.17, 15) is 14.7 Å². The molecule has 3 aromatic rings. The maximum absolute atomic E-state index is 13.1. The van der Waals surface area contributed by atoms with E-state index in [0.717, 1.165) is 5.39 Å². The van der Waals surface area contributed by atoms with Gasteiger partial charge in [-0.05, 0) is 18.2 Å². The van der Waals surface area contributed by atoms with E-state index in [2.05, 4.69) is 0 Å². The van der Waals surface area contributed by atoms with Crippen LogP contribution in [0.4, 0.5) is 0 Å². The first-order chi connectivity index (χ1) is 14.0. The molecule has 0 atom stereocenters. The molecule has 2 heterocycles. The number of carboxylic acid groups (broad SMARTS) is 1. The van der Waals surface area contributed by atoms with Crippen molar-refractivity contribution in [2.24, 2.45) is 0 Å². The Morgan fingerprint density at radius 3 is 2.38 bits per heavy atom. The molecule has 0 aliphatic carbocycles. The third-order valence-corrected chi connectivity index (χ3v) is 5.29. The van der Waals surface area contributed by atoms with Crippen LogP contribution in [0.3, 0.4) is 0 Å². The zero-order chi connectivity index (χ0) is 20.4. The quantitative estimate of drug-likeness (QED) is 0.689. The Bertz CT molecular complexity index is 1030. The number of fused-ring (bicyclic) bond motifs is 1. The molecule has 4 rings (SSSR count). The monoisotopic (exact) mass is 395 g/mol. The van der Waals surface area contributed by atoms with Crippen LogP contribution in [0.25, 0.3) is 11.0 Å². The van der Waals surface area contributed by atoms with Gasteiger partial charge in [0.15, 0.2) is 11.4 Å². The molecule has 1 amide bonds. The molecule has 150 valence electrons. The van der Waals surface area contributed by atoms with Gasteiger partial charge >= 0.3 is 5.97 Å². The first kappa shape index (κ1) is 19.0. The first-order valence-electron chi connectivity index (χ1n) is 9.41. The zero-order valence-electron chi connectivity index (χ0n) is 15.7. The highest BCUT2D eigenvalue weighted by Crippen LogP contribution is 2.30. The summed E-state index contributed by atoms with van der Waals surface area (Å²) < 4.78 is 11.7. The fourth-order valence-electron chi connectivity index (χ4n) is 3.52. The number of carbonyl (C=O) groups excluding carboxylic acids is 1. The molecule has 1 fully saturated rings. The fourth-order valence-corrected chi connectivity index (χ4v) is 3.52. The first-order valence-corrected chi connectivity index (χ1v) is 9.41. The summed E-state index contributed by atoms with van der Waals surface area (Å²) in [5, 5.41) is 20.1. The van der Waals surface area contributed by atoms with E-state index in [0.29, 0.717) is 16.9 Å². The molecule has 0 radical (unpaired) electrons. The van der Waals surface area contributed by atoms with Gasteiger partial charge in [0.1, 0.15) is 17.9 Å². The highest BCUT2D eigenvalue weighted by Gasteiger charge is 2.41. The smallest absolute Gasteiger partial charge is 0.335 e. The summed E-state index contributed by atoms with van der Waals surface area (Å²) in [5.74, 6) is -0.728. The molecule has 0 unspecified atom stereocenters. The van der Waals surface area contributed by atoms with Gasteiger partial charge in [0.25, 0.3) is 5.91 Å². The Kier molecular flexibility index (Phi) is 4.98. The number of hydrogen-bond donors (Lipinski definition) is 2. The molecule has 1 saturated heterocycles. The number of furan rings is 1. The predicted molar refractivity (Wildman–Crippen MR) is 105 cm³/mol. The number of para-hydroxylation sites is 2. The summed E-state index contributed by atoms with van der Waals surface area (Å²) in [6, 6.07) is 16.7. The molecule has 0 spiro atoms. The zero-order valence-corrected chi connectivity index (χ0v) is 15.7. The Balaban J connectivity index is 1.59. The number of likely N-dealkylation sites (tertiary alicyclic amines) is 1. The van der Waals surface area contributed by atoms with Gasteiger partial charge in [0.05, 0.1) is 0 Å². The third-order valence-electron chi connectivity index (χ3n) is 5.29. The number of piperidine rings is 1. The standard InChI is InChI=1S/C22H21NO6/c24-20(23-12-10-22(27,11-13-23)21(25)26)19-17(14-28-15-6-2-1-3-7-15)16-8-4-5-9-18(16)29-19/h1-9,27H,10-14H2,(H,25,26). The number of hydrogen-bond acceptors (Lipinski definition) is 5. The van der Waals surface area contributed by atoms with Gasteiger partial charge in [-0.2, -0.15) is 0 Å². The minimum Gasteiger partial charge on any atom is -0.489 e. The molecular weight excluding hydrogens is 374 g/mol. The number of rotatable bonds is 5. The van der Waals surface area contributed by atoms with Crippen molar-refractivity contribution < 1.29 is 29.0 Å². The van der Waals surface area contributed by atoms with Crippen molar-refractivity contribution in [2.75, 3.05) is 13.1 Å². The Morgan fingerprint density at radius 2 is 1.69 bits per heavy atom. The maximum Gasteiger partial charge on any atom is 0.335 e. The van der Waals surface area contributed by atoms with Gasteiger partial charge in [-0.25, -0.2) is 4.79 Å². The summed E-state index contributed by atoms with van der Waals surface area (Å²) in [6.45, 7) is 0.435. The van der Waals surface area contributed by atoms with Gasteiger partial charge in [0.2, 0.25) is 0 Å². The van der Waals surface area contributed by atoms with Crippen LogP contribution < -0.4 is 4.74 Å². The van der Waals surface area contributed by atoms with Crippen molar-refractivity contribution in [3.63, 3.8) is 0 Å². The number of ether oxygens (including phenoxy) is 1. The molecule has 7 heteroatoms. The predicted octanol–water partition coefficient (Wildman–Crippen LogP) is 3.06. The minimum absolute atomic E-state index is 0.0237. The van der Waals surface area contributed by atoms with Crippen LogP contribution in [-0.4, -0.2) is 45.7 Å². The van der Waals surface area contributed by atoms with Gasteiger partial charge in [-0.15, -0.1) is 0 Å². The lowest BCUT2D eigenvalue weighted by Crippen LogP contribution is -2.50. The second-order valence-electron chi connectivity index (χ2n) is 7.14. The molecule has 1 aliphatic heterocycles. The highest BCUT2D eigenvalue weighted by atomic mass is 16.5. The van der Waals surface area contributed by atoms with Gasteiger partial charge in [-0.1, -0.05) is 36.4 Å². The van der Waals surface area contributed by atoms with Crippen LogP contribution in [0.15, 0.2) is 59.0 Å². The van der Waals surface area contributed by atoms with E-state index < -0.39 is 11.6 Å². The lowest BCUT2D eigenvalue weighted by Gasteiger charge is -2.35. The van der Waals surface area contributed by atoms with Crippen LogP contribution in [-0.2, 0) is 11.4 Å². The maximum atomic E-state index is 13.1. The van der Waals surface area contributed by atoms with Crippen molar-refractivity contribution in [1.29, 1.82) is 0 Å². The lowest BCUT2D eigenvalue weighted by atomic mass is 9.91. The SMILES string of the molecule is O=C(c1oc2ccccc2c1COc1ccccc1)N1CCC(O)(C(=O)O)CC1. The van der Waals surface area contributed by atoms with E-state index in [1.165, 1.54) is 4.90 Å². The molecule has 1 aliphatic rings. The Morgan fingerprint density at radius 1 is 1.03 bits per heavy atom. The van der Waals surface area contributed by atoms with Gasteiger partial charge in [0, 0.05) is 36.9 Å². The second-order valence-corrected chi connectivity index (χ2v) is 7.14. The number of nitrogens with zero attached hydrogens (tertiary/aromatic N) is 1. The van der Waals surface area contributed by atoms with E-state index in [1.807, 2.05) is 48.5 Å². The number of aliphatic hydroxyl groups is 1. The number of amides is 1. The summed E-state index contributed by atoms with van der Waals surface area (Å²) in [4.78, 5) is 25.9. The molecular formula is C22H21NO6. The molecule has 0 bridgehead atoms. The minimum atomic E-state index is -1.79. The van der Waals surface area contributed by atoms with Gasteiger partial charge < -0.3 is 24.3 Å². The van der Waals surface area contributed by atoms with Crippen LogP contribution in [0.5, 0.6) is 5.75 Å². The Labute approximate surface area is 167 Å². The normalized spacial score (nSPS) is 16.0. The fraction of sp³-hybridized carbons (Fsp3) is 0.273. The molecule has 1 aromatic heterocycles. The summed E-state index contributed by atoms with van der Waals surface area (Å²) in [6.07, 6.45) is -0.0473. The van der Waals surface area contributed by atoms with E-state index in [4.69, 9.17) is 14.3 Å². The molecule has 2 N–H and O–H groups in total. The summed E-state index contributed by atoms with van der Waals surface area (Å²) >= 11 is 0. The van der Waals surface area contributed by atoms with Crippen molar-refractivity contribution >= 4 is 22.8 Å². The van der Waals surface area contributed by atoms with Gasteiger partial charge in [-0.3, -0.25) is 4.79 Å². The van der Waals surface area contributed by atoms with E-state index in [1.54, 1.807) is 6.07 Å². The van der Waals surface area contributed by atoms with Crippen LogP contribution in [0, 0.1) is 0 Å². The highest BCUT2D eigenvalue weighted by molar-refractivity contribution is 5.99. The van der Waals surface area contributed by atoms with Crippen LogP contribution in [0.2, 0.25) is 0 Å². The average molecular weight is 395 g/mol. The van der Waals surface area contributed by atoms with Crippen molar-refractivity contribution in [3.8, 4) is 5.75 Å².